The molecule has 6 heteroatoms. The molecule has 8 atom stereocenters. The predicted octanol–water partition coefficient (Wildman–Crippen LogP) is 0.917. The van der Waals surface area contributed by atoms with Gasteiger partial charge in [0.2, 0.25) is 0 Å². The van der Waals surface area contributed by atoms with Crippen molar-refractivity contribution in [3.63, 3.8) is 0 Å². The summed E-state index contributed by atoms with van der Waals surface area (Å²) in [5, 5.41) is 0. The molecule has 3 heterocycles. The number of ketones is 1. The third-order valence-electron chi connectivity index (χ3n) is 8.68. The van der Waals surface area contributed by atoms with Gasteiger partial charge in [-0.3, -0.25) is 4.79 Å². The van der Waals surface area contributed by atoms with Crippen molar-refractivity contribution < 1.29 is 4.79 Å². The van der Waals surface area contributed by atoms with Crippen LogP contribution in [0.3, 0.4) is 0 Å². The minimum absolute atomic E-state index is 0.0200. The smallest absolute Gasteiger partial charge is 0.295 e. The van der Waals surface area contributed by atoms with Gasteiger partial charge in [0.25, 0.3) is 0 Å². The Bertz CT molecular complexity index is 1230. The van der Waals surface area contributed by atoms with Gasteiger partial charge in [-0.15, -0.1) is 0 Å². The number of benzene rings is 1. The number of hydrogen-bond acceptors (Lipinski definition) is 3. The molecule has 128 valence electrons. The van der Waals surface area contributed by atoms with Gasteiger partial charge in [-0.1, -0.05) is 24.3 Å². The summed E-state index contributed by atoms with van der Waals surface area (Å²) in [5.74, 6) is 2.30. The fourth-order valence-electron chi connectivity index (χ4n) is 8.36. The zero-order valence-corrected chi connectivity index (χ0v) is 13.8. The van der Waals surface area contributed by atoms with Crippen LogP contribution in [-0.4, -0.2) is 19.7 Å². The van der Waals surface area contributed by atoms with Gasteiger partial charge in [-0.2, -0.15) is 0 Å². The first-order chi connectivity index (χ1) is 12.6. The zero-order valence-electron chi connectivity index (χ0n) is 13.8. The minimum atomic E-state index is -0.238. The number of hydrogen-bond donors (Lipinski definition) is 0. The largest absolute Gasteiger partial charge is 0.352 e. The zero-order chi connectivity index (χ0) is 17.2. The number of para-hydroxylation sites is 1. The van der Waals surface area contributed by atoms with E-state index in [1.807, 2.05) is 18.2 Å². The second-order valence-electron chi connectivity index (χ2n) is 8.97. The maximum absolute atomic E-state index is 13.3. The van der Waals surface area contributed by atoms with E-state index >= 15 is 0 Å². The van der Waals surface area contributed by atoms with E-state index in [0.717, 1.165) is 0 Å². The molecule has 0 unspecified atom stereocenters. The van der Waals surface area contributed by atoms with Crippen LogP contribution < -0.4 is 11.4 Å². The standard InChI is InChI=1S/C20H15N3O3/c24-10-6-7-19-14-11-12-13(11)16(20(14,19)8-10)23-18(26)21(9-4-2-1-3-5-9)17(25)22(23)15(12)19/h1-7,11-16H,8H2/t11-,12+,13+,14-,15-,16+,19-,20+/m1/s1. The first kappa shape index (κ1) is 12.7. The summed E-state index contributed by atoms with van der Waals surface area (Å²) in [7, 11) is 0. The third kappa shape index (κ3) is 0.863. The Hall–Kier alpha value is -2.63. The van der Waals surface area contributed by atoms with Crippen molar-refractivity contribution in [3.05, 3.63) is 63.5 Å². The quantitative estimate of drug-likeness (QED) is 0.772. The van der Waals surface area contributed by atoms with Crippen LogP contribution in [0.15, 0.2) is 52.1 Å². The van der Waals surface area contributed by atoms with Crippen LogP contribution in [0.25, 0.3) is 5.69 Å². The lowest BCUT2D eigenvalue weighted by Crippen LogP contribution is -2.53. The second kappa shape index (κ2) is 3.21. The molecular weight excluding hydrogens is 330 g/mol. The third-order valence-corrected chi connectivity index (χ3v) is 8.68. The minimum Gasteiger partial charge on any atom is -0.295 e. The molecule has 4 saturated carbocycles. The molecular formula is C20H15N3O3. The Morgan fingerprint density at radius 1 is 0.885 bits per heavy atom. The first-order valence-corrected chi connectivity index (χ1v) is 9.38. The predicted molar refractivity (Wildman–Crippen MR) is 90.0 cm³/mol. The second-order valence-corrected chi connectivity index (χ2v) is 8.97. The van der Waals surface area contributed by atoms with Crippen molar-refractivity contribution in [3.8, 4) is 5.69 Å². The maximum atomic E-state index is 13.3. The lowest BCUT2D eigenvalue weighted by atomic mass is 9.67. The molecule has 1 aromatic heterocycles. The van der Waals surface area contributed by atoms with Crippen LogP contribution in [0.4, 0.5) is 0 Å². The van der Waals surface area contributed by atoms with Crippen molar-refractivity contribution >= 4 is 5.78 Å². The van der Waals surface area contributed by atoms with E-state index in [9.17, 15) is 14.4 Å². The molecule has 2 spiro atoms. The number of carbonyl (C=O) groups excluding carboxylic acids is 1. The Kier molecular flexibility index (Phi) is 1.57. The van der Waals surface area contributed by atoms with Crippen molar-refractivity contribution in [1.82, 2.24) is 13.9 Å². The molecule has 7 aliphatic rings. The summed E-state index contributed by atoms with van der Waals surface area (Å²) < 4.78 is 4.83. The van der Waals surface area contributed by atoms with Gasteiger partial charge in [-0.25, -0.2) is 23.5 Å². The summed E-state index contributed by atoms with van der Waals surface area (Å²) in [5.41, 5.74) is 0.0242. The SMILES string of the molecule is O=C1C=C[C@@]23[C@H]4[C@H]5[C@H]6[C@H]5[C@H]2n2c(=O)n(-c5ccccc5)c(=O)n2[C@@H]6[C@]43C1. The first-order valence-electron chi connectivity index (χ1n) is 9.38. The van der Waals surface area contributed by atoms with Gasteiger partial charge in [0, 0.05) is 17.3 Å². The summed E-state index contributed by atoms with van der Waals surface area (Å²) in [6.45, 7) is 0. The van der Waals surface area contributed by atoms with E-state index in [2.05, 4.69) is 6.08 Å². The highest BCUT2D eigenvalue weighted by molar-refractivity contribution is 5.93. The number of allylic oxidation sites excluding steroid dienone is 2. The summed E-state index contributed by atoms with van der Waals surface area (Å²) in [4.78, 5) is 38.9. The topological polar surface area (TPSA) is 66.0 Å². The van der Waals surface area contributed by atoms with Gasteiger partial charge in [0.15, 0.2) is 5.78 Å². The van der Waals surface area contributed by atoms with Gasteiger partial charge < -0.3 is 0 Å². The number of aromatic nitrogens is 3. The summed E-state index contributed by atoms with van der Waals surface area (Å²) in [6, 6.07) is 9.24. The number of carbonyl (C=O) groups is 1. The van der Waals surface area contributed by atoms with E-state index in [-0.39, 0.29) is 40.1 Å². The van der Waals surface area contributed by atoms with Crippen molar-refractivity contribution in [2.45, 2.75) is 18.5 Å². The van der Waals surface area contributed by atoms with Crippen LogP contribution >= 0.6 is 0 Å². The van der Waals surface area contributed by atoms with Crippen molar-refractivity contribution in [2.75, 3.05) is 0 Å². The molecule has 2 aromatic rings. The number of nitrogens with zero attached hydrogens (tertiary/aromatic N) is 3. The molecule has 4 fully saturated rings. The molecule has 1 aromatic carbocycles. The monoisotopic (exact) mass is 345 g/mol. The molecule has 0 N–H and O–H groups in total. The highest BCUT2D eigenvalue weighted by Crippen LogP contribution is 3.03. The average molecular weight is 345 g/mol. The normalized spacial score (nSPS) is 49.2. The lowest BCUT2D eigenvalue weighted by molar-refractivity contribution is -0.119. The van der Waals surface area contributed by atoms with Crippen LogP contribution in [-0.2, 0) is 4.79 Å². The summed E-state index contributed by atoms with van der Waals surface area (Å²) in [6.07, 6.45) is 4.40. The molecule has 26 heavy (non-hydrogen) atoms. The Labute approximate surface area is 147 Å². The van der Waals surface area contributed by atoms with Crippen molar-refractivity contribution in [1.29, 1.82) is 0 Å². The van der Waals surface area contributed by atoms with E-state index in [1.165, 1.54) is 4.57 Å². The molecule has 0 radical (unpaired) electrons. The average Bonchev–Trinajstić information content (AvgIpc) is 3.40. The Morgan fingerprint density at radius 2 is 1.58 bits per heavy atom. The number of rotatable bonds is 1. The molecule has 6 nitrogen and oxygen atoms in total. The highest BCUT2D eigenvalue weighted by atomic mass is 16.2. The summed E-state index contributed by atoms with van der Waals surface area (Å²) >= 11 is 0. The molecule has 0 saturated heterocycles. The van der Waals surface area contributed by atoms with Crippen LogP contribution in [0, 0.1) is 34.5 Å². The Balaban J connectivity index is 1.48. The van der Waals surface area contributed by atoms with E-state index < -0.39 is 0 Å². The molecule has 9 rings (SSSR count). The molecule has 5 aliphatic carbocycles. The van der Waals surface area contributed by atoms with Gasteiger partial charge in [-0.05, 0) is 41.9 Å². The molecule has 2 aliphatic heterocycles. The van der Waals surface area contributed by atoms with E-state index in [1.54, 1.807) is 27.6 Å². The van der Waals surface area contributed by atoms with E-state index in [4.69, 9.17) is 0 Å². The maximum Gasteiger partial charge on any atom is 0.352 e. The van der Waals surface area contributed by atoms with Gasteiger partial charge >= 0.3 is 11.4 Å². The fourth-order valence-corrected chi connectivity index (χ4v) is 8.36. The fraction of sp³-hybridized carbons (Fsp3) is 0.450. The van der Waals surface area contributed by atoms with E-state index in [0.29, 0.717) is 35.8 Å². The van der Waals surface area contributed by atoms with Gasteiger partial charge in [0.05, 0.1) is 17.8 Å². The molecule has 2 bridgehead atoms. The lowest BCUT2D eigenvalue weighted by Gasteiger charge is -2.48. The van der Waals surface area contributed by atoms with Crippen LogP contribution in [0.2, 0.25) is 0 Å². The van der Waals surface area contributed by atoms with Crippen molar-refractivity contribution in [2.24, 2.45) is 34.5 Å². The molecule has 0 amide bonds. The highest BCUT2D eigenvalue weighted by Gasteiger charge is 3.03. The van der Waals surface area contributed by atoms with Crippen LogP contribution in [0.5, 0.6) is 0 Å². The van der Waals surface area contributed by atoms with Crippen LogP contribution in [0.1, 0.15) is 18.5 Å². The van der Waals surface area contributed by atoms with Gasteiger partial charge in [0.1, 0.15) is 0 Å². The Morgan fingerprint density at radius 3 is 2.35 bits per heavy atom.